The van der Waals surface area contributed by atoms with Crippen LogP contribution < -0.4 is 0 Å². The highest BCUT2D eigenvalue weighted by Gasteiger charge is 2.06. The van der Waals surface area contributed by atoms with Crippen molar-refractivity contribution in [1.29, 1.82) is 0 Å². The van der Waals surface area contributed by atoms with Gasteiger partial charge in [-0.2, -0.15) is 5.10 Å². The van der Waals surface area contributed by atoms with E-state index in [1.54, 1.807) is 6.20 Å². The fourth-order valence-electron chi connectivity index (χ4n) is 2.00. The molecule has 0 bridgehead atoms. The molecule has 2 heterocycles. The van der Waals surface area contributed by atoms with Crippen molar-refractivity contribution in [2.45, 2.75) is 33.4 Å². The SMILES string of the molecule is CC(C)Cc1ccc(CN(C)Cc2ccn[nH]2)s1. The van der Waals surface area contributed by atoms with Crippen molar-refractivity contribution < 1.29 is 0 Å². The van der Waals surface area contributed by atoms with Gasteiger partial charge < -0.3 is 0 Å². The Labute approximate surface area is 113 Å². The quantitative estimate of drug-likeness (QED) is 0.867. The lowest BCUT2D eigenvalue weighted by atomic mass is 10.1. The normalized spacial score (nSPS) is 11.6. The lowest BCUT2D eigenvalue weighted by Gasteiger charge is -2.14. The van der Waals surface area contributed by atoms with Crippen LogP contribution in [-0.4, -0.2) is 22.1 Å². The van der Waals surface area contributed by atoms with E-state index in [4.69, 9.17) is 0 Å². The molecule has 0 radical (unpaired) electrons. The van der Waals surface area contributed by atoms with Gasteiger partial charge in [0.25, 0.3) is 0 Å². The first kappa shape index (κ1) is 13.3. The molecule has 0 atom stereocenters. The van der Waals surface area contributed by atoms with Crippen molar-refractivity contribution in [3.63, 3.8) is 0 Å². The van der Waals surface area contributed by atoms with Gasteiger partial charge in [-0.25, -0.2) is 0 Å². The topological polar surface area (TPSA) is 31.9 Å². The Kier molecular flexibility index (Phi) is 4.55. The van der Waals surface area contributed by atoms with E-state index in [1.165, 1.54) is 16.2 Å². The van der Waals surface area contributed by atoms with Gasteiger partial charge in [0.05, 0.1) is 0 Å². The van der Waals surface area contributed by atoms with Crippen molar-refractivity contribution in [2.75, 3.05) is 7.05 Å². The second kappa shape index (κ2) is 6.16. The largest absolute Gasteiger partial charge is 0.296 e. The minimum atomic E-state index is 0.735. The molecule has 0 aliphatic heterocycles. The molecule has 0 aliphatic carbocycles. The molecule has 0 fully saturated rings. The molecular formula is C14H21N3S. The Morgan fingerprint density at radius 2 is 2.00 bits per heavy atom. The minimum absolute atomic E-state index is 0.735. The van der Waals surface area contributed by atoms with Crippen LogP contribution in [0.25, 0.3) is 0 Å². The van der Waals surface area contributed by atoms with Crippen molar-refractivity contribution >= 4 is 11.3 Å². The zero-order chi connectivity index (χ0) is 13.0. The molecule has 1 N–H and O–H groups in total. The van der Waals surface area contributed by atoms with E-state index in [0.29, 0.717) is 0 Å². The van der Waals surface area contributed by atoms with E-state index in [1.807, 2.05) is 17.4 Å². The van der Waals surface area contributed by atoms with Crippen LogP contribution in [-0.2, 0) is 19.5 Å². The van der Waals surface area contributed by atoms with Gasteiger partial charge >= 0.3 is 0 Å². The highest BCUT2D eigenvalue weighted by molar-refractivity contribution is 7.11. The number of aromatic nitrogens is 2. The molecule has 0 saturated heterocycles. The molecule has 0 amide bonds. The smallest absolute Gasteiger partial charge is 0.0492 e. The number of hydrogen-bond donors (Lipinski definition) is 1. The first-order chi connectivity index (χ1) is 8.63. The van der Waals surface area contributed by atoms with Crippen molar-refractivity contribution in [3.05, 3.63) is 39.8 Å². The van der Waals surface area contributed by atoms with E-state index in [0.717, 1.165) is 24.7 Å². The van der Waals surface area contributed by atoms with Gasteiger partial charge in [0.2, 0.25) is 0 Å². The maximum atomic E-state index is 3.97. The van der Waals surface area contributed by atoms with E-state index < -0.39 is 0 Å². The van der Waals surface area contributed by atoms with Gasteiger partial charge in [0.15, 0.2) is 0 Å². The van der Waals surface area contributed by atoms with E-state index in [-0.39, 0.29) is 0 Å². The minimum Gasteiger partial charge on any atom is -0.296 e. The number of aromatic amines is 1. The standard InChI is InChI=1S/C14H21N3S/c1-11(2)8-13-4-5-14(18-13)10-17(3)9-12-6-7-15-16-12/h4-7,11H,8-10H2,1-3H3,(H,15,16). The predicted molar refractivity (Wildman–Crippen MR) is 76.6 cm³/mol. The summed E-state index contributed by atoms with van der Waals surface area (Å²) in [5, 5.41) is 6.97. The Morgan fingerprint density at radius 1 is 1.22 bits per heavy atom. The second-order valence-corrected chi connectivity index (χ2v) is 6.47. The summed E-state index contributed by atoms with van der Waals surface area (Å²) < 4.78 is 0. The summed E-state index contributed by atoms with van der Waals surface area (Å²) >= 11 is 1.93. The molecule has 0 saturated carbocycles. The third kappa shape index (κ3) is 3.96. The maximum Gasteiger partial charge on any atom is 0.0492 e. The molecular weight excluding hydrogens is 242 g/mol. The predicted octanol–water partition coefficient (Wildman–Crippen LogP) is 3.30. The van der Waals surface area contributed by atoms with Crippen molar-refractivity contribution in [3.8, 4) is 0 Å². The number of nitrogens with one attached hydrogen (secondary N) is 1. The molecule has 0 unspecified atom stereocenters. The lowest BCUT2D eigenvalue weighted by Crippen LogP contribution is -2.16. The van der Waals surface area contributed by atoms with Crippen molar-refractivity contribution in [2.24, 2.45) is 5.92 Å². The molecule has 2 aromatic rings. The Balaban J connectivity index is 1.87. The summed E-state index contributed by atoms with van der Waals surface area (Å²) in [6.07, 6.45) is 2.99. The van der Waals surface area contributed by atoms with Crippen LogP contribution in [0.3, 0.4) is 0 Å². The molecule has 0 spiro atoms. The number of thiophene rings is 1. The molecule has 4 heteroatoms. The molecule has 2 aromatic heterocycles. The average molecular weight is 263 g/mol. The molecule has 98 valence electrons. The van der Waals surface area contributed by atoms with E-state index in [9.17, 15) is 0 Å². The summed E-state index contributed by atoms with van der Waals surface area (Å²) in [5.74, 6) is 0.735. The van der Waals surface area contributed by atoms with Crippen LogP contribution in [0.15, 0.2) is 24.4 Å². The van der Waals surface area contributed by atoms with Crippen LogP contribution in [0.5, 0.6) is 0 Å². The van der Waals surface area contributed by atoms with Gasteiger partial charge in [-0.1, -0.05) is 13.8 Å². The van der Waals surface area contributed by atoms with E-state index in [2.05, 4.69) is 48.1 Å². The van der Waals surface area contributed by atoms with Gasteiger partial charge in [-0.3, -0.25) is 10.00 Å². The Morgan fingerprint density at radius 3 is 2.67 bits per heavy atom. The zero-order valence-corrected chi connectivity index (χ0v) is 12.1. The van der Waals surface area contributed by atoms with Gasteiger partial charge in [0.1, 0.15) is 0 Å². The number of nitrogens with zero attached hydrogens (tertiary/aromatic N) is 2. The van der Waals surface area contributed by atoms with Crippen molar-refractivity contribution in [1.82, 2.24) is 15.1 Å². The fraction of sp³-hybridized carbons (Fsp3) is 0.500. The Bertz CT molecular complexity index is 459. The fourth-order valence-corrected chi connectivity index (χ4v) is 3.32. The van der Waals surface area contributed by atoms with Gasteiger partial charge in [0, 0.05) is 34.7 Å². The van der Waals surface area contributed by atoms with Crippen LogP contribution in [0.4, 0.5) is 0 Å². The zero-order valence-electron chi connectivity index (χ0n) is 11.3. The summed E-state index contributed by atoms with van der Waals surface area (Å²) in [5.41, 5.74) is 1.16. The molecule has 0 aliphatic rings. The number of hydrogen-bond acceptors (Lipinski definition) is 3. The van der Waals surface area contributed by atoms with Crippen LogP contribution in [0, 0.1) is 5.92 Å². The summed E-state index contributed by atoms with van der Waals surface area (Å²) in [4.78, 5) is 5.24. The van der Waals surface area contributed by atoms with Crippen LogP contribution in [0.1, 0.15) is 29.3 Å². The monoisotopic (exact) mass is 263 g/mol. The van der Waals surface area contributed by atoms with Crippen LogP contribution in [0.2, 0.25) is 0 Å². The van der Waals surface area contributed by atoms with E-state index >= 15 is 0 Å². The number of rotatable bonds is 6. The molecule has 18 heavy (non-hydrogen) atoms. The lowest BCUT2D eigenvalue weighted by molar-refractivity contribution is 0.318. The summed E-state index contributed by atoms with van der Waals surface area (Å²) in [6.45, 7) is 6.45. The summed E-state index contributed by atoms with van der Waals surface area (Å²) in [6, 6.07) is 6.55. The highest BCUT2D eigenvalue weighted by Crippen LogP contribution is 2.21. The molecule has 0 aromatic carbocycles. The maximum absolute atomic E-state index is 3.97. The third-order valence-electron chi connectivity index (χ3n) is 2.75. The first-order valence-corrected chi connectivity index (χ1v) is 7.19. The highest BCUT2D eigenvalue weighted by atomic mass is 32.1. The van der Waals surface area contributed by atoms with Gasteiger partial charge in [-0.05, 0) is 37.6 Å². The molecule has 3 nitrogen and oxygen atoms in total. The average Bonchev–Trinajstić information content (AvgIpc) is 2.89. The Hall–Kier alpha value is -1.13. The number of H-pyrrole nitrogens is 1. The second-order valence-electron chi connectivity index (χ2n) is 5.22. The van der Waals surface area contributed by atoms with Gasteiger partial charge in [-0.15, -0.1) is 11.3 Å². The van der Waals surface area contributed by atoms with Crippen LogP contribution >= 0.6 is 11.3 Å². The third-order valence-corrected chi connectivity index (χ3v) is 3.84. The molecule has 2 rings (SSSR count). The first-order valence-electron chi connectivity index (χ1n) is 6.38. The summed E-state index contributed by atoms with van der Waals surface area (Å²) in [7, 11) is 2.14.